The highest BCUT2D eigenvalue weighted by Crippen LogP contribution is 2.28. The summed E-state index contributed by atoms with van der Waals surface area (Å²) < 4.78 is 13.4. The van der Waals surface area contributed by atoms with E-state index in [1.807, 2.05) is 36.4 Å². The smallest absolute Gasteiger partial charge is 0.307 e. The van der Waals surface area contributed by atoms with Crippen LogP contribution in [0.15, 0.2) is 58.3 Å². The maximum absolute atomic E-state index is 13.4. The number of rotatable bonds is 10. The van der Waals surface area contributed by atoms with Gasteiger partial charge in [-0.15, -0.1) is 0 Å². The van der Waals surface area contributed by atoms with Gasteiger partial charge in [0.25, 0.3) is 0 Å². The van der Waals surface area contributed by atoms with Crippen LogP contribution >= 0.6 is 0 Å². The second kappa shape index (κ2) is 11.4. The number of hydrogen-bond donors (Lipinski definition) is 4. The summed E-state index contributed by atoms with van der Waals surface area (Å²) in [5.74, 6) is -2.34. The molecule has 2 aromatic rings. The molecule has 0 bridgehead atoms. The number of hydrogen-bond acceptors (Lipinski definition) is 5. The van der Waals surface area contributed by atoms with Crippen molar-refractivity contribution in [1.82, 2.24) is 10.6 Å². The Morgan fingerprint density at radius 2 is 1.29 bits per heavy atom. The van der Waals surface area contributed by atoms with Crippen LogP contribution in [0.1, 0.15) is 24.0 Å². The molecule has 0 aromatic heterocycles. The number of carboxylic acids is 2. The Kier molecular flexibility index (Phi) is 8.26. The molecule has 0 spiro atoms. The molecular formula is C26H32N2O5S. The minimum absolute atomic E-state index is 0.0978. The summed E-state index contributed by atoms with van der Waals surface area (Å²) in [4.78, 5) is 25.0. The molecule has 2 aromatic carbocycles. The van der Waals surface area contributed by atoms with E-state index in [1.54, 1.807) is 12.1 Å². The maximum Gasteiger partial charge on any atom is 0.307 e. The lowest BCUT2D eigenvalue weighted by Crippen LogP contribution is -2.27. The van der Waals surface area contributed by atoms with Gasteiger partial charge in [-0.1, -0.05) is 24.3 Å². The van der Waals surface area contributed by atoms with E-state index < -0.39 is 35.0 Å². The van der Waals surface area contributed by atoms with Crippen molar-refractivity contribution in [3.63, 3.8) is 0 Å². The van der Waals surface area contributed by atoms with Crippen LogP contribution in [0.4, 0.5) is 0 Å². The van der Waals surface area contributed by atoms with Crippen molar-refractivity contribution in [2.24, 2.45) is 23.7 Å². The molecule has 0 radical (unpaired) electrons. The van der Waals surface area contributed by atoms with Gasteiger partial charge < -0.3 is 25.4 Å². The SMILES string of the molecule is O=C(O)C(Cc1cccc([S+]([O-])c2cccc(CC(C(=O)O)[C@H]3CCNC3)c2)c1)[C@H]1CCNC1. The van der Waals surface area contributed by atoms with Gasteiger partial charge in [-0.05, 0) is 99.1 Å². The van der Waals surface area contributed by atoms with Crippen LogP contribution in [-0.4, -0.2) is 52.9 Å². The van der Waals surface area contributed by atoms with E-state index in [2.05, 4.69) is 10.6 Å². The van der Waals surface area contributed by atoms with E-state index >= 15 is 0 Å². The Bertz CT molecular complexity index is 925. The highest BCUT2D eigenvalue weighted by Gasteiger charge is 2.32. The van der Waals surface area contributed by atoms with E-state index in [0.717, 1.165) is 37.1 Å². The first-order valence-electron chi connectivity index (χ1n) is 11.9. The van der Waals surface area contributed by atoms with Crippen molar-refractivity contribution >= 4 is 23.1 Å². The van der Waals surface area contributed by atoms with E-state index in [-0.39, 0.29) is 11.8 Å². The standard InChI is InChI=1S/C26H32N2O5S/c29-25(30)23(19-7-9-27-15-19)13-17-3-1-5-21(11-17)34(33)22-6-2-4-18(12-22)14-24(26(31)32)20-8-10-28-16-20/h1-6,11-12,19-20,23-24,27-28H,7-10,13-16H2,(H,29,30)(H,31,32)/t19-,20-,23?,24?,34?/m0/s1. The molecule has 34 heavy (non-hydrogen) atoms. The van der Waals surface area contributed by atoms with Crippen LogP contribution < -0.4 is 10.6 Å². The summed E-state index contributed by atoms with van der Waals surface area (Å²) in [6.07, 6.45) is 2.51. The molecule has 2 fully saturated rings. The molecular weight excluding hydrogens is 452 g/mol. The molecule has 2 heterocycles. The fourth-order valence-electron chi connectivity index (χ4n) is 5.17. The van der Waals surface area contributed by atoms with Gasteiger partial charge in [0.2, 0.25) is 0 Å². The molecule has 0 aliphatic carbocycles. The number of aliphatic carboxylic acids is 2. The zero-order chi connectivity index (χ0) is 24.1. The largest absolute Gasteiger partial charge is 0.606 e. The van der Waals surface area contributed by atoms with Crippen LogP contribution in [0.5, 0.6) is 0 Å². The Balaban J connectivity index is 1.49. The van der Waals surface area contributed by atoms with Crippen LogP contribution in [0.2, 0.25) is 0 Å². The van der Waals surface area contributed by atoms with Gasteiger partial charge >= 0.3 is 11.9 Å². The molecule has 2 saturated heterocycles. The highest BCUT2D eigenvalue weighted by molar-refractivity contribution is 7.91. The van der Waals surface area contributed by atoms with Gasteiger partial charge in [0.1, 0.15) is 0 Å². The second-order valence-electron chi connectivity index (χ2n) is 9.37. The van der Waals surface area contributed by atoms with Crippen molar-refractivity contribution in [2.75, 3.05) is 26.2 Å². The van der Waals surface area contributed by atoms with E-state index in [1.165, 1.54) is 0 Å². The molecule has 2 unspecified atom stereocenters. The van der Waals surface area contributed by atoms with E-state index in [9.17, 15) is 24.4 Å². The number of carboxylic acid groups (broad SMARTS) is 2. The van der Waals surface area contributed by atoms with Gasteiger partial charge in [-0.3, -0.25) is 9.59 Å². The third-order valence-corrected chi connectivity index (χ3v) is 8.47. The molecule has 4 N–H and O–H groups in total. The molecule has 8 heteroatoms. The zero-order valence-electron chi connectivity index (χ0n) is 19.1. The Morgan fingerprint density at radius 1 is 0.853 bits per heavy atom. The minimum atomic E-state index is -1.44. The Morgan fingerprint density at radius 3 is 1.65 bits per heavy atom. The number of benzene rings is 2. The monoisotopic (exact) mass is 484 g/mol. The third-order valence-electron chi connectivity index (χ3n) is 7.11. The van der Waals surface area contributed by atoms with E-state index in [4.69, 9.17) is 0 Å². The van der Waals surface area contributed by atoms with Crippen LogP contribution in [0.25, 0.3) is 0 Å². The van der Waals surface area contributed by atoms with Gasteiger partial charge in [-0.2, -0.15) is 0 Å². The average molecular weight is 485 g/mol. The third kappa shape index (κ3) is 5.99. The van der Waals surface area contributed by atoms with E-state index in [0.29, 0.717) is 35.7 Å². The topological polar surface area (TPSA) is 122 Å². The summed E-state index contributed by atoms with van der Waals surface area (Å²) in [5.41, 5.74) is 1.72. The summed E-state index contributed by atoms with van der Waals surface area (Å²) in [7, 11) is 0. The van der Waals surface area contributed by atoms with Gasteiger partial charge in [-0.25, -0.2) is 0 Å². The highest BCUT2D eigenvalue weighted by atomic mass is 32.2. The van der Waals surface area contributed by atoms with Crippen LogP contribution in [0.3, 0.4) is 0 Å². The molecule has 4 rings (SSSR count). The Labute approximate surface area is 203 Å². The van der Waals surface area contributed by atoms with Crippen molar-refractivity contribution in [1.29, 1.82) is 0 Å². The van der Waals surface area contributed by atoms with Crippen molar-refractivity contribution in [3.8, 4) is 0 Å². The molecule has 182 valence electrons. The van der Waals surface area contributed by atoms with Crippen molar-refractivity contribution in [2.45, 2.75) is 35.5 Å². The fraction of sp³-hybridized carbons (Fsp3) is 0.462. The Hall–Kier alpha value is -2.39. The lowest BCUT2D eigenvalue weighted by Gasteiger charge is -2.20. The van der Waals surface area contributed by atoms with Gasteiger partial charge in [0, 0.05) is 11.2 Å². The van der Waals surface area contributed by atoms with Gasteiger partial charge in [0.15, 0.2) is 9.79 Å². The molecule has 2 aliphatic heterocycles. The van der Waals surface area contributed by atoms with Crippen LogP contribution in [-0.2, 0) is 33.6 Å². The summed E-state index contributed by atoms with van der Waals surface area (Å²) in [5, 5.41) is 25.9. The van der Waals surface area contributed by atoms with Crippen LogP contribution in [0, 0.1) is 23.7 Å². The predicted molar refractivity (Wildman–Crippen MR) is 129 cm³/mol. The lowest BCUT2D eigenvalue weighted by molar-refractivity contribution is -0.144. The molecule has 7 nitrogen and oxygen atoms in total. The zero-order valence-corrected chi connectivity index (χ0v) is 19.9. The first-order valence-corrected chi connectivity index (χ1v) is 13.0. The van der Waals surface area contributed by atoms with Crippen molar-refractivity contribution < 1.29 is 24.4 Å². The number of carbonyl (C=O) groups is 2. The maximum atomic E-state index is 13.4. The quantitative estimate of drug-likeness (QED) is 0.382. The summed E-state index contributed by atoms with van der Waals surface area (Å²) >= 11 is -1.44. The predicted octanol–water partition coefficient (Wildman–Crippen LogP) is 2.56. The summed E-state index contributed by atoms with van der Waals surface area (Å²) in [6.45, 7) is 3.11. The normalized spacial score (nSPS) is 22.9. The van der Waals surface area contributed by atoms with Crippen molar-refractivity contribution in [3.05, 3.63) is 59.7 Å². The summed E-state index contributed by atoms with van der Waals surface area (Å²) in [6, 6.07) is 14.7. The van der Waals surface area contributed by atoms with Gasteiger partial charge in [0.05, 0.1) is 11.8 Å². The minimum Gasteiger partial charge on any atom is -0.606 e. The average Bonchev–Trinajstić information content (AvgIpc) is 3.55. The molecule has 4 atom stereocenters. The molecule has 0 amide bonds. The first-order chi connectivity index (χ1) is 16.4. The molecule has 2 aliphatic rings. The fourth-order valence-corrected chi connectivity index (χ4v) is 6.36. The number of nitrogens with one attached hydrogen (secondary N) is 2. The molecule has 0 saturated carbocycles. The first kappa shape index (κ1) is 24.7. The second-order valence-corrected chi connectivity index (χ2v) is 10.8. The lowest BCUT2D eigenvalue weighted by atomic mass is 9.86.